The van der Waals surface area contributed by atoms with E-state index in [9.17, 15) is 17.4 Å². The number of nitrogens with one attached hydrogen (secondary N) is 1. The number of fused-ring (bicyclic) bond motifs is 2. The van der Waals surface area contributed by atoms with E-state index in [1.54, 1.807) is 0 Å². The van der Waals surface area contributed by atoms with Crippen LogP contribution >= 0.6 is 0 Å². The molecule has 0 bridgehead atoms. The van der Waals surface area contributed by atoms with Crippen LogP contribution in [0.15, 0.2) is 18.6 Å². The summed E-state index contributed by atoms with van der Waals surface area (Å²) in [6.07, 6.45) is 5.74. The van der Waals surface area contributed by atoms with Crippen molar-refractivity contribution in [2.45, 2.75) is 24.4 Å². The fourth-order valence-corrected chi connectivity index (χ4v) is 5.71. The van der Waals surface area contributed by atoms with Crippen LogP contribution in [-0.2, 0) is 10.1 Å². The summed E-state index contributed by atoms with van der Waals surface area (Å²) in [5, 5.41) is 0.934. The molecule has 1 aliphatic carbocycles. The normalized spacial score (nSPS) is 27.8. The van der Waals surface area contributed by atoms with Gasteiger partial charge in [0.05, 0.1) is 5.39 Å². The highest BCUT2D eigenvalue weighted by Gasteiger charge is 2.52. The maximum atomic E-state index is 13.1. The lowest BCUT2D eigenvalue weighted by atomic mass is 10.0. The molecular weight excluding hydrogens is 367 g/mol. The molecule has 2 aliphatic rings. The van der Waals surface area contributed by atoms with Crippen molar-refractivity contribution in [1.29, 1.82) is 0 Å². The van der Waals surface area contributed by atoms with Gasteiger partial charge in [-0.15, -0.1) is 0 Å². The van der Waals surface area contributed by atoms with Crippen molar-refractivity contribution in [2.24, 2.45) is 11.8 Å². The molecule has 2 aromatic heterocycles. The first-order valence-corrected chi connectivity index (χ1v) is 10.7. The van der Waals surface area contributed by atoms with E-state index in [0.29, 0.717) is 0 Å². The molecule has 26 heavy (non-hydrogen) atoms. The second-order valence-electron chi connectivity index (χ2n) is 7.41. The van der Waals surface area contributed by atoms with E-state index in [1.807, 2.05) is 19.3 Å². The summed E-state index contributed by atoms with van der Waals surface area (Å²) in [5.41, 5.74) is -3.88. The van der Waals surface area contributed by atoms with Gasteiger partial charge in [-0.2, -0.15) is 13.2 Å². The number of alkyl halides is 3. The van der Waals surface area contributed by atoms with Gasteiger partial charge in [0.25, 0.3) is 0 Å². The van der Waals surface area contributed by atoms with Crippen LogP contribution in [0.3, 0.4) is 0 Å². The van der Waals surface area contributed by atoms with E-state index in [-0.39, 0.29) is 31.0 Å². The zero-order chi connectivity index (χ0) is 18.7. The lowest BCUT2D eigenvalue weighted by molar-refractivity contribution is -0.0458. The smallest absolute Gasteiger partial charge is 0.356 e. The summed E-state index contributed by atoms with van der Waals surface area (Å²) >= 11 is 0. The van der Waals surface area contributed by atoms with Crippen LogP contribution in [0.1, 0.15) is 12.8 Å². The molecule has 1 saturated heterocycles. The Hall–Kier alpha value is -1.68. The number of H-pyrrole nitrogens is 1. The van der Waals surface area contributed by atoms with Gasteiger partial charge in [-0.1, -0.05) is 0 Å². The molecule has 4 rings (SSSR count). The van der Waals surface area contributed by atoms with Crippen LogP contribution in [0.5, 0.6) is 0 Å². The number of halogens is 3. The third-order valence-corrected chi connectivity index (χ3v) is 8.28. The van der Waals surface area contributed by atoms with Crippen LogP contribution in [0, 0.1) is 11.8 Å². The zero-order valence-corrected chi connectivity index (χ0v) is 15.5. The first-order chi connectivity index (χ1) is 12.2. The van der Waals surface area contributed by atoms with Gasteiger partial charge in [-0.25, -0.2) is 14.3 Å². The van der Waals surface area contributed by atoms with Gasteiger partial charge < -0.3 is 9.88 Å². The summed E-state index contributed by atoms with van der Waals surface area (Å²) in [7, 11) is -2.34. The Labute approximate surface area is 150 Å². The van der Waals surface area contributed by atoms with Crippen LogP contribution < -0.4 is 4.90 Å². The SMILES string of the molecule is CN(c1ncnc2[nH]ccc12)[C@H]1C[C@@H]2CN([SH](C)(=O)C(F)(F)F)C[C@@H]2C1. The lowest BCUT2D eigenvalue weighted by Crippen LogP contribution is -2.45. The van der Waals surface area contributed by atoms with Gasteiger partial charge in [-0.3, -0.25) is 4.21 Å². The molecular formula is C16H22F3N5OS. The minimum absolute atomic E-state index is 0.140. The predicted molar refractivity (Wildman–Crippen MR) is 95.4 cm³/mol. The Bertz CT molecular complexity index is 855. The summed E-state index contributed by atoms with van der Waals surface area (Å²) in [6, 6.07) is 2.14. The average Bonchev–Trinajstić information content (AvgIpc) is 3.26. The molecule has 1 saturated carbocycles. The summed E-state index contributed by atoms with van der Waals surface area (Å²) < 4.78 is 52.6. The zero-order valence-electron chi connectivity index (χ0n) is 14.6. The topological polar surface area (TPSA) is 65.1 Å². The molecule has 1 N–H and O–H groups in total. The number of hydrogen-bond donors (Lipinski definition) is 2. The second-order valence-corrected chi connectivity index (χ2v) is 10.2. The third kappa shape index (κ3) is 2.70. The number of hydrogen-bond acceptors (Lipinski definition) is 4. The standard InChI is InChI=1S/C16H22F3N5OS/c1-23(15-13-3-4-20-14(13)21-9-22-15)12-5-10-7-24(8-11(10)6-12)26(2,25)16(17,18)19/h3-4,9-12,26H,5-8H2,1-2H3,(H,20,21,22)/t10-,11+,12+. The van der Waals surface area contributed by atoms with Crippen molar-refractivity contribution in [1.82, 2.24) is 19.3 Å². The molecule has 0 unspecified atom stereocenters. The van der Waals surface area contributed by atoms with E-state index in [2.05, 4.69) is 19.9 Å². The predicted octanol–water partition coefficient (Wildman–Crippen LogP) is 2.19. The molecule has 0 radical (unpaired) electrons. The van der Waals surface area contributed by atoms with Gasteiger partial charge >= 0.3 is 5.51 Å². The van der Waals surface area contributed by atoms with Crippen LogP contribution in [0.4, 0.5) is 19.0 Å². The summed E-state index contributed by atoms with van der Waals surface area (Å²) in [4.78, 5) is 13.8. The second kappa shape index (κ2) is 5.91. The van der Waals surface area contributed by atoms with Crippen LogP contribution in [0.2, 0.25) is 0 Å². The van der Waals surface area contributed by atoms with Crippen molar-refractivity contribution in [3.8, 4) is 0 Å². The largest absolute Gasteiger partial charge is 0.460 e. The fraction of sp³-hybridized carbons (Fsp3) is 0.625. The first-order valence-electron chi connectivity index (χ1n) is 8.59. The molecule has 3 heterocycles. The van der Waals surface area contributed by atoms with Gasteiger partial charge in [0, 0.05) is 48.8 Å². The Balaban J connectivity index is 1.48. The highest BCUT2D eigenvalue weighted by molar-refractivity contribution is 8.01. The van der Waals surface area contributed by atoms with E-state index in [0.717, 1.165) is 35.9 Å². The maximum absolute atomic E-state index is 13.1. The minimum atomic E-state index is -4.65. The lowest BCUT2D eigenvalue weighted by Gasteiger charge is -2.33. The minimum Gasteiger partial charge on any atom is -0.356 e. The molecule has 0 aromatic carbocycles. The number of aromatic nitrogens is 3. The van der Waals surface area contributed by atoms with E-state index < -0.39 is 15.6 Å². The molecule has 2 aromatic rings. The Kier molecular flexibility index (Phi) is 4.03. The van der Waals surface area contributed by atoms with Gasteiger partial charge in [0.2, 0.25) is 0 Å². The van der Waals surface area contributed by atoms with Crippen molar-refractivity contribution in [3.63, 3.8) is 0 Å². The highest BCUT2D eigenvalue weighted by atomic mass is 32.3. The Morgan fingerprint density at radius 3 is 2.54 bits per heavy atom. The van der Waals surface area contributed by atoms with Gasteiger partial charge in [0.15, 0.2) is 0 Å². The average molecular weight is 389 g/mol. The van der Waals surface area contributed by atoms with Crippen molar-refractivity contribution in [3.05, 3.63) is 18.6 Å². The number of nitrogens with zero attached hydrogens (tertiary/aromatic N) is 4. The molecule has 144 valence electrons. The van der Waals surface area contributed by atoms with E-state index in [4.69, 9.17) is 0 Å². The van der Waals surface area contributed by atoms with Crippen molar-refractivity contribution < 1.29 is 17.4 Å². The molecule has 3 atom stereocenters. The quantitative estimate of drug-likeness (QED) is 0.790. The molecule has 6 nitrogen and oxygen atoms in total. The molecule has 0 amide bonds. The van der Waals surface area contributed by atoms with E-state index >= 15 is 0 Å². The fourth-order valence-electron chi connectivity index (χ4n) is 4.34. The Morgan fingerprint density at radius 1 is 1.27 bits per heavy atom. The van der Waals surface area contributed by atoms with Crippen LogP contribution in [0.25, 0.3) is 11.0 Å². The Morgan fingerprint density at radius 2 is 1.92 bits per heavy atom. The number of aromatic amines is 1. The van der Waals surface area contributed by atoms with E-state index in [1.165, 1.54) is 10.6 Å². The summed E-state index contributed by atoms with van der Waals surface area (Å²) in [6.45, 7) is 0.511. The van der Waals surface area contributed by atoms with Crippen molar-refractivity contribution >= 4 is 27.0 Å². The molecule has 1 aliphatic heterocycles. The van der Waals surface area contributed by atoms with Gasteiger partial charge in [-0.05, 0) is 30.7 Å². The number of anilines is 1. The number of rotatable bonds is 3. The maximum Gasteiger partial charge on any atom is 0.460 e. The molecule has 10 heteroatoms. The molecule has 0 spiro atoms. The monoisotopic (exact) mass is 389 g/mol. The van der Waals surface area contributed by atoms with Gasteiger partial charge in [0.1, 0.15) is 17.8 Å². The first kappa shape index (κ1) is 17.7. The number of thiol groups is 1. The van der Waals surface area contributed by atoms with Crippen LogP contribution in [-0.4, -0.2) is 61.4 Å². The highest BCUT2D eigenvalue weighted by Crippen LogP contribution is 2.45. The van der Waals surface area contributed by atoms with Crippen molar-refractivity contribution in [2.75, 3.05) is 31.3 Å². The third-order valence-electron chi connectivity index (χ3n) is 5.93. The molecule has 2 fully saturated rings. The summed E-state index contributed by atoms with van der Waals surface area (Å²) in [5.74, 6) is 1.11.